The van der Waals surface area contributed by atoms with Gasteiger partial charge in [-0.25, -0.2) is 0 Å². The van der Waals surface area contributed by atoms with E-state index in [-0.39, 0.29) is 0 Å². The summed E-state index contributed by atoms with van der Waals surface area (Å²) in [7, 11) is 0. The summed E-state index contributed by atoms with van der Waals surface area (Å²) in [5.41, 5.74) is 5.19. The van der Waals surface area contributed by atoms with E-state index in [0.717, 1.165) is 5.75 Å². The van der Waals surface area contributed by atoms with Gasteiger partial charge in [-0.2, -0.15) is 0 Å². The van der Waals surface area contributed by atoms with Gasteiger partial charge in [0.25, 0.3) is 0 Å². The van der Waals surface area contributed by atoms with Crippen LogP contribution in [0.3, 0.4) is 0 Å². The van der Waals surface area contributed by atoms with Gasteiger partial charge in [0.05, 0.1) is 0 Å². The Bertz CT molecular complexity index is 98.6. The number of hydrogen-bond acceptors (Lipinski definition) is 2. The third-order valence-electron chi connectivity index (χ3n) is 0.558. The summed E-state index contributed by atoms with van der Waals surface area (Å²) in [6, 6.07) is 0. The Labute approximate surface area is 59.3 Å². The van der Waals surface area contributed by atoms with Crippen molar-refractivity contribution in [1.82, 2.24) is 0 Å². The molecule has 0 saturated carbocycles. The fourth-order valence-corrected chi connectivity index (χ4v) is 0.884. The van der Waals surface area contributed by atoms with E-state index >= 15 is 0 Å². The first-order valence-electron chi connectivity index (χ1n) is 2.30. The molecule has 0 aromatic heterocycles. The predicted octanol–water partition coefficient (Wildman–Crippen LogP) is 1.54. The van der Waals surface area contributed by atoms with Crippen LogP contribution in [-0.4, -0.2) is 10.1 Å². The Morgan fingerprint density at radius 2 is 2.50 bits per heavy atom. The number of rotatable bonds is 2. The molecule has 0 aromatic rings. The van der Waals surface area contributed by atoms with Crippen LogP contribution in [0.25, 0.3) is 0 Å². The van der Waals surface area contributed by atoms with Crippen molar-refractivity contribution in [3.63, 3.8) is 0 Å². The molecule has 0 aliphatic heterocycles. The minimum atomic E-state index is 0.517. The van der Waals surface area contributed by atoms with Crippen LogP contribution in [0.2, 0.25) is 0 Å². The van der Waals surface area contributed by atoms with Crippen molar-refractivity contribution in [2.75, 3.05) is 5.75 Å². The molecule has 0 saturated heterocycles. The molecule has 2 N–H and O–H groups in total. The molecule has 0 aliphatic carbocycles. The second kappa shape index (κ2) is 5.12. The molecule has 3 heteroatoms. The largest absolute Gasteiger partial charge is 0.385 e. The Hall–Kier alpha value is -0.0200. The van der Waals surface area contributed by atoms with Crippen molar-refractivity contribution in [3.8, 4) is 0 Å². The summed E-state index contributed by atoms with van der Waals surface area (Å²) in [5, 5.41) is 0. The standard InChI is InChI=1S/C5H9NS2/c1-2-3-4-8-5(6)7/h2-3H,4H2,1H3,(H2,6,7). The maximum absolute atomic E-state index is 5.19. The highest BCUT2D eigenvalue weighted by atomic mass is 32.2. The minimum absolute atomic E-state index is 0.517. The number of nitrogens with two attached hydrogens (primary N) is 1. The van der Waals surface area contributed by atoms with Crippen molar-refractivity contribution in [1.29, 1.82) is 0 Å². The van der Waals surface area contributed by atoms with Gasteiger partial charge in [-0.05, 0) is 6.92 Å². The summed E-state index contributed by atoms with van der Waals surface area (Å²) in [6.07, 6.45) is 4.00. The molecular weight excluding hydrogens is 138 g/mol. The number of thioether (sulfide) groups is 1. The Morgan fingerprint density at radius 1 is 1.88 bits per heavy atom. The number of allylic oxidation sites excluding steroid dienone is 1. The monoisotopic (exact) mass is 147 g/mol. The minimum Gasteiger partial charge on any atom is -0.385 e. The molecule has 0 spiro atoms. The maximum atomic E-state index is 5.19. The molecule has 0 bridgehead atoms. The summed E-state index contributed by atoms with van der Waals surface area (Å²) >= 11 is 6.09. The lowest BCUT2D eigenvalue weighted by Gasteiger charge is -1.88. The number of thiocarbonyl (C=S) groups is 1. The summed E-state index contributed by atoms with van der Waals surface area (Å²) in [6.45, 7) is 1.97. The van der Waals surface area contributed by atoms with E-state index < -0.39 is 0 Å². The second-order valence-electron chi connectivity index (χ2n) is 1.20. The normalized spacial score (nSPS) is 10.1. The molecule has 0 radical (unpaired) electrons. The smallest absolute Gasteiger partial charge is 0.131 e. The topological polar surface area (TPSA) is 26.0 Å². The lowest BCUT2D eigenvalue weighted by atomic mass is 10.6. The van der Waals surface area contributed by atoms with Gasteiger partial charge < -0.3 is 5.73 Å². The third-order valence-corrected chi connectivity index (χ3v) is 1.55. The molecule has 1 nitrogen and oxygen atoms in total. The zero-order valence-electron chi connectivity index (χ0n) is 4.76. The van der Waals surface area contributed by atoms with Crippen molar-refractivity contribution in [3.05, 3.63) is 12.2 Å². The maximum Gasteiger partial charge on any atom is 0.131 e. The Morgan fingerprint density at radius 3 is 2.88 bits per heavy atom. The van der Waals surface area contributed by atoms with Gasteiger partial charge >= 0.3 is 0 Å². The average Bonchev–Trinajstić information content (AvgIpc) is 1.66. The fraction of sp³-hybridized carbons (Fsp3) is 0.400. The molecule has 0 aliphatic rings. The van der Waals surface area contributed by atoms with Gasteiger partial charge in [-0.3, -0.25) is 0 Å². The highest BCUT2D eigenvalue weighted by Crippen LogP contribution is 1.98. The van der Waals surface area contributed by atoms with E-state index in [1.165, 1.54) is 11.8 Å². The van der Waals surface area contributed by atoms with Crippen LogP contribution in [0.1, 0.15) is 6.92 Å². The van der Waals surface area contributed by atoms with E-state index in [2.05, 4.69) is 12.2 Å². The van der Waals surface area contributed by atoms with Gasteiger partial charge in [0.1, 0.15) is 4.32 Å². The summed E-state index contributed by atoms with van der Waals surface area (Å²) in [5.74, 6) is 0.895. The molecule has 8 heavy (non-hydrogen) atoms. The van der Waals surface area contributed by atoms with E-state index in [4.69, 9.17) is 5.73 Å². The lowest BCUT2D eigenvalue weighted by molar-refractivity contribution is 1.66. The first-order chi connectivity index (χ1) is 3.77. The molecule has 0 atom stereocenters. The number of hydrogen-bond donors (Lipinski definition) is 1. The van der Waals surface area contributed by atoms with Gasteiger partial charge in [0.15, 0.2) is 0 Å². The lowest BCUT2D eigenvalue weighted by Crippen LogP contribution is -2.01. The van der Waals surface area contributed by atoms with Crippen molar-refractivity contribution in [2.45, 2.75) is 6.92 Å². The van der Waals surface area contributed by atoms with Gasteiger partial charge in [-0.15, -0.1) is 0 Å². The molecule has 0 unspecified atom stereocenters. The van der Waals surface area contributed by atoms with E-state index in [9.17, 15) is 0 Å². The van der Waals surface area contributed by atoms with Crippen LogP contribution in [0.4, 0.5) is 0 Å². The SMILES string of the molecule is CC=CCSC(N)=S. The van der Waals surface area contributed by atoms with Crippen molar-refractivity contribution < 1.29 is 0 Å². The van der Waals surface area contributed by atoms with E-state index in [0.29, 0.717) is 4.32 Å². The van der Waals surface area contributed by atoms with Crippen LogP contribution < -0.4 is 5.73 Å². The molecule has 0 rings (SSSR count). The van der Waals surface area contributed by atoms with Crippen LogP contribution in [-0.2, 0) is 0 Å². The van der Waals surface area contributed by atoms with Crippen molar-refractivity contribution >= 4 is 28.3 Å². The fourth-order valence-electron chi connectivity index (χ4n) is 0.226. The first kappa shape index (κ1) is 7.98. The summed E-state index contributed by atoms with van der Waals surface area (Å²) in [4.78, 5) is 0. The van der Waals surface area contributed by atoms with E-state index in [1.54, 1.807) is 0 Å². The quantitative estimate of drug-likeness (QED) is 0.474. The highest BCUT2D eigenvalue weighted by molar-refractivity contribution is 8.23. The zero-order chi connectivity index (χ0) is 6.41. The average molecular weight is 147 g/mol. The molecule has 0 fully saturated rings. The van der Waals surface area contributed by atoms with Gasteiger partial charge in [-0.1, -0.05) is 36.1 Å². The molecule has 46 valence electrons. The Kier molecular flexibility index (Phi) is 5.11. The van der Waals surface area contributed by atoms with Crippen LogP contribution in [0.15, 0.2) is 12.2 Å². The van der Waals surface area contributed by atoms with Crippen LogP contribution >= 0.6 is 24.0 Å². The zero-order valence-corrected chi connectivity index (χ0v) is 6.39. The van der Waals surface area contributed by atoms with Crippen LogP contribution in [0, 0.1) is 0 Å². The van der Waals surface area contributed by atoms with Gasteiger partial charge in [0, 0.05) is 5.75 Å². The first-order valence-corrected chi connectivity index (χ1v) is 3.70. The molecule has 0 heterocycles. The second-order valence-corrected chi connectivity index (χ2v) is 2.96. The summed E-state index contributed by atoms with van der Waals surface area (Å²) < 4.78 is 0.517. The van der Waals surface area contributed by atoms with Crippen molar-refractivity contribution in [2.24, 2.45) is 5.73 Å². The molecule has 0 aromatic carbocycles. The third kappa shape index (κ3) is 5.98. The van der Waals surface area contributed by atoms with Crippen LogP contribution in [0.5, 0.6) is 0 Å². The highest BCUT2D eigenvalue weighted by Gasteiger charge is 1.82. The molecular formula is C5H9NS2. The van der Waals surface area contributed by atoms with E-state index in [1.807, 2.05) is 19.1 Å². The Balaban J connectivity index is 3.05. The van der Waals surface area contributed by atoms with Gasteiger partial charge in [0.2, 0.25) is 0 Å². The predicted molar refractivity (Wildman–Crippen MR) is 44.1 cm³/mol. The molecule has 0 amide bonds.